The molecule has 0 radical (unpaired) electrons. The van der Waals surface area contributed by atoms with Crippen LogP contribution in [0.3, 0.4) is 0 Å². The highest BCUT2D eigenvalue weighted by atomic mass is 19.4. The van der Waals surface area contributed by atoms with Crippen molar-refractivity contribution in [3.63, 3.8) is 0 Å². The highest BCUT2D eigenvalue weighted by Gasteiger charge is 2.30. The number of carbonyl (C=O) groups excluding carboxylic acids is 2. The fourth-order valence-corrected chi connectivity index (χ4v) is 2.14. The van der Waals surface area contributed by atoms with Gasteiger partial charge in [0.05, 0.1) is 11.7 Å². The summed E-state index contributed by atoms with van der Waals surface area (Å²) >= 11 is 0. The summed E-state index contributed by atoms with van der Waals surface area (Å²) in [7, 11) is 0. The highest BCUT2D eigenvalue weighted by Crippen LogP contribution is 2.29. The number of aliphatic hydroxyl groups excluding tert-OH is 1. The molecule has 2 aromatic carbocycles. The molecule has 9 heteroatoms. The minimum atomic E-state index is -4.49. The number of alkyl halides is 3. The number of rotatable bonds is 4. The summed E-state index contributed by atoms with van der Waals surface area (Å²) in [6, 6.07) is 7.66. The van der Waals surface area contributed by atoms with E-state index in [1.807, 2.05) is 0 Å². The molecule has 0 unspecified atom stereocenters. The van der Waals surface area contributed by atoms with Gasteiger partial charge in [0.1, 0.15) is 5.82 Å². The van der Waals surface area contributed by atoms with Crippen molar-refractivity contribution in [2.24, 2.45) is 0 Å². The van der Waals surface area contributed by atoms with Gasteiger partial charge in [0.25, 0.3) is 0 Å². The van der Waals surface area contributed by atoms with Crippen LogP contribution in [0.1, 0.15) is 22.8 Å². The lowest BCUT2D eigenvalue weighted by Gasteiger charge is -2.13. The molecule has 2 aromatic rings. The van der Waals surface area contributed by atoms with Crippen molar-refractivity contribution in [3.8, 4) is 0 Å². The van der Waals surface area contributed by atoms with E-state index in [2.05, 4.69) is 10.6 Å². The molecule has 0 heterocycles. The Morgan fingerprint density at radius 2 is 1.70 bits per heavy atom. The third-order valence-electron chi connectivity index (χ3n) is 3.71. The van der Waals surface area contributed by atoms with Gasteiger partial charge in [-0.05, 0) is 42.3 Å². The van der Waals surface area contributed by atoms with Gasteiger partial charge in [0.2, 0.25) is 0 Å². The molecule has 144 valence electrons. The largest absolute Gasteiger partial charge is 0.416 e. The van der Waals surface area contributed by atoms with Gasteiger partial charge in [-0.1, -0.05) is 18.2 Å². The normalized spacial score (nSPS) is 12.4. The van der Waals surface area contributed by atoms with Crippen LogP contribution in [0.15, 0.2) is 42.5 Å². The van der Waals surface area contributed by atoms with Gasteiger partial charge in [-0.2, -0.15) is 13.2 Å². The maximum atomic E-state index is 13.4. The Balaban J connectivity index is 1.90. The fourth-order valence-electron chi connectivity index (χ4n) is 2.14. The molecule has 2 rings (SSSR count). The van der Waals surface area contributed by atoms with E-state index in [0.29, 0.717) is 5.56 Å². The number of aliphatic hydroxyl groups is 1. The zero-order valence-electron chi connectivity index (χ0n) is 14.1. The Bertz CT molecular complexity index is 835. The van der Waals surface area contributed by atoms with Crippen LogP contribution in [-0.4, -0.2) is 23.5 Å². The van der Waals surface area contributed by atoms with E-state index >= 15 is 0 Å². The van der Waals surface area contributed by atoms with Crippen LogP contribution in [-0.2, 0) is 15.8 Å². The van der Waals surface area contributed by atoms with Gasteiger partial charge in [-0.3, -0.25) is 9.59 Å². The Kier molecular flexibility index (Phi) is 6.17. The second-order valence-corrected chi connectivity index (χ2v) is 5.76. The topological polar surface area (TPSA) is 78.4 Å². The average Bonchev–Trinajstić information content (AvgIpc) is 2.61. The minimum absolute atomic E-state index is 0.0848. The number of nitrogens with one attached hydrogen (secondary N) is 2. The fraction of sp³-hybridized carbons (Fsp3) is 0.222. The number of hydrogen-bond acceptors (Lipinski definition) is 3. The van der Waals surface area contributed by atoms with E-state index in [4.69, 9.17) is 0 Å². The van der Waals surface area contributed by atoms with Crippen LogP contribution >= 0.6 is 0 Å². The molecule has 0 aliphatic carbocycles. The highest BCUT2D eigenvalue weighted by molar-refractivity contribution is 6.39. The second kappa shape index (κ2) is 8.17. The molecule has 0 saturated heterocycles. The smallest absolute Gasteiger partial charge is 0.387 e. The van der Waals surface area contributed by atoms with E-state index in [1.54, 1.807) is 0 Å². The number of amides is 2. The van der Waals surface area contributed by atoms with E-state index < -0.39 is 35.5 Å². The van der Waals surface area contributed by atoms with Crippen LogP contribution in [0.2, 0.25) is 0 Å². The number of halogens is 4. The molecule has 1 atom stereocenters. The van der Waals surface area contributed by atoms with Gasteiger partial charge in [0.15, 0.2) is 0 Å². The van der Waals surface area contributed by atoms with Crippen molar-refractivity contribution in [1.82, 2.24) is 5.32 Å². The molecule has 5 nitrogen and oxygen atoms in total. The van der Waals surface area contributed by atoms with Gasteiger partial charge in [0, 0.05) is 12.2 Å². The van der Waals surface area contributed by atoms with Gasteiger partial charge < -0.3 is 15.7 Å². The summed E-state index contributed by atoms with van der Waals surface area (Å²) in [5.74, 6) is -2.70. The number of hydrogen-bond donors (Lipinski definition) is 3. The van der Waals surface area contributed by atoms with Crippen molar-refractivity contribution < 1.29 is 32.3 Å². The van der Waals surface area contributed by atoms with Crippen molar-refractivity contribution in [2.45, 2.75) is 19.2 Å². The monoisotopic (exact) mass is 384 g/mol. The molecule has 27 heavy (non-hydrogen) atoms. The van der Waals surface area contributed by atoms with E-state index in [9.17, 15) is 32.3 Å². The van der Waals surface area contributed by atoms with Crippen LogP contribution in [0.25, 0.3) is 0 Å². The molecule has 3 N–H and O–H groups in total. The Morgan fingerprint density at radius 3 is 2.26 bits per heavy atom. The lowest BCUT2D eigenvalue weighted by molar-refractivity contribution is -0.137. The number of anilines is 1. The summed E-state index contributed by atoms with van der Waals surface area (Å²) < 4.78 is 50.9. The number of carbonyl (C=O) groups is 2. The maximum Gasteiger partial charge on any atom is 0.416 e. The predicted octanol–water partition coefficient (Wildman–Crippen LogP) is 2.94. The summed E-state index contributed by atoms with van der Waals surface area (Å²) in [4.78, 5) is 23.5. The molecule has 0 bridgehead atoms. The van der Waals surface area contributed by atoms with E-state index in [0.717, 1.165) is 30.3 Å². The SMILES string of the molecule is Cc1ccc(NC(=O)C(=O)NC[C@@H](O)c2ccc(C(F)(F)F)cc2)cc1F. The third kappa shape index (κ3) is 5.52. The van der Waals surface area contributed by atoms with Crippen molar-refractivity contribution in [2.75, 3.05) is 11.9 Å². The molecule has 0 aromatic heterocycles. The van der Waals surface area contributed by atoms with Crippen molar-refractivity contribution in [1.29, 1.82) is 0 Å². The molecular formula is C18H16F4N2O3. The molecule has 0 aliphatic rings. The molecular weight excluding hydrogens is 368 g/mol. The summed E-state index contributed by atoms with van der Waals surface area (Å²) in [6.45, 7) is 1.15. The molecule has 0 saturated carbocycles. The Labute approximate surface area is 152 Å². The van der Waals surface area contributed by atoms with E-state index in [1.165, 1.54) is 19.1 Å². The molecule has 0 aliphatic heterocycles. The Hall–Kier alpha value is -2.94. The summed E-state index contributed by atoms with van der Waals surface area (Å²) in [5, 5.41) is 14.3. The third-order valence-corrected chi connectivity index (χ3v) is 3.71. The first-order valence-electron chi connectivity index (χ1n) is 7.78. The first kappa shape index (κ1) is 20.4. The molecule has 0 spiro atoms. The standard InChI is InChI=1S/C18H16F4N2O3/c1-10-2-7-13(8-14(10)19)24-17(27)16(26)23-9-15(25)11-3-5-12(6-4-11)18(20,21)22/h2-8,15,25H,9H2,1H3,(H,23,26)(H,24,27)/t15-/m1/s1. The predicted molar refractivity (Wildman–Crippen MR) is 89.2 cm³/mol. The molecule has 2 amide bonds. The van der Waals surface area contributed by atoms with Crippen LogP contribution < -0.4 is 10.6 Å². The van der Waals surface area contributed by atoms with Gasteiger partial charge in [-0.25, -0.2) is 4.39 Å². The van der Waals surface area contributed by atoms with E-state index in [-0.39, 0.29) is 17.8 Å². The lowest BCUT2D eigenvalue weighted by atomic mass is 10.1. The van der Waals surface area contributed by atoms with Crippen LogP contribution in [0, 0.1) is 12.7 Å². The van der Waals surface area contributed by atoms with Crippen molar-refractivity contribution in [3.05, 3.63) is 65.0 Å². The number of benzene rings is 2. The molecule has 0 fully saturated rings. The Morgan fingerprint density at radius 1 is 1.07 bits per heavy atom. The summed E-state index contributed by atoms with van der Waals surface area (Å²) in [6.07, 6.45) is -5.80. The van der Waals surface area contributed by atoms with Crippen molar-refractivity contribution >= 4 is 17.5 Å². The lowest BCUT2D eigenvalue weighted by Crippen LogP contribution is -2.37. The zero-order valence-corrected chi connectivity index (χ0v) is 14.1. The summed E-state index contributed by atoms with van der Waals surface area (Å²) in [5.41, 5.74) is -0.268. The first-order chi connectivity index (χ1) is 12.6. The van der Waals surface area contributed by atoms with Crippen LogP contribution in [0.4, 0.5) is 23.2 Å². The minimum Gasteiger partial charge on any atom is -0.387 e. The zero-order chi connectivity index (χ0) is 20.2. The number of aryl methyl sites for hydroxylation is 1. The average molecular weight is 384 g/mol. The first-order valence-corrected chi connectivity index (χ1v) is 7.78. The van der Waals surface area contributed by atoms with Crippen LogP contribution in [0.5, 0.6) is 0 Å². The van der Waals surface area contributed by atoms with Gasteiger partial charge in [-0.15, -0.1) is 0 Å². The quantitative estimate of drug-likeness (QED) is 0.560. The maximum absolute atomic E-state index is 13.4. The van der Waals surface area contributed by atoms with Gasteiger partial charge >= 0.3 is 18.0 Å². The second-order valence-electron chi connectivity index (χ2n) is 5.76.